The number of nitrogens with one attached hydrogen (secondary N) is 3. The Morgan fingerprint density at radius 3 is 2.42 bits per heavy atom. The van der Waals surface area contributed by atoms with Crippen LogP contribution in [0.15, 0.2) is 47.5 Å². The number of anilines is 1. The average molecular weight is 805 g/mol. The number of ether oxygens (including phenoxy) is 2. The Kier molecular flexibility index (Phi) is 9.88. The molecule has 1 saturated carbocycles. The van der Waals surface area contributed by atoms with E-state index in [0.29, 0.717) is 30.3 Å². The summed E-state index contributed by atoms with van der Waals surface area (Å²) < 4.78 is 12.5. The predicted molar refractivity (Wildman–Crippen MR) is 220 cm³/mol. The number of hydrogen-bond acceptors (Lipinski definition) is 13. The Morgan fingerprint density at radius 2 is 1.64 bits per heavy atom. The third-order valence-electron chi connectivity index (χ3n) is 13.2. The molecule has 16 nitrogen and oxygen atoms in total. The summed E-state index contributed by atoms with van der Waals surface area (Å²) in [4.78, 5) is 66.3. The minimum Gasteiger partial charge on any atom is -0.488 e. The number of carbonyl (C=O) groups is 4. The molecule has 16 heteroatoms. The number of piperazine rings is 1. The molecule has 7 heterocycles. The number of aromatic nitrogens is 2. The third kappa shape index (κ3) is 7.69. The monoisotopic (exact) mass is 804 g/mol. The van der Waals surface area contributed by atoms with Crippen molar-refractivity contribution in [3.8, 4) is 5.75 Å². The summed E-state index contributed by atoms with van der Waals surface area (Å²) in [6.07, 6.45) is 6.77. The third-order valence-corrected chi connectivity index (χ3v) is 13.2. The van der Waals surface area contributed by atoms with Crippen molar-refractivity contribution < 1.29 is 28.7 Å². The van der Waals surface area contributed by atoms with Crippen LogP contribution >= 0.6 is 0 Å². The maximum atomic E-state index is 13.4. The number of H-pyrrole nitrogens is 1. The molecule has 0 spiro atoms. The van der Waals surface area contributed by atoms with E-state index in [1.54, 1.807) is 12.1 Å². The summed E-state index contributed by atoms with van der Waals surface area (Å²) in [5.74, 6) is 0.527. The molecule has 310 valence electrons. The molecule has 1 aliphatic carbocycles. The molecule has 4 saturated heterocycles. The van der Waals surface area contributed by atoms with Crippen LogP contribution in [-0.4, -0.2) is 156 Å². The summed E-state index contributed by atoms with van der Waals surface area (Å²) in [6.45, 7) is 12.8. The number of nitrogens with zero attached hydrogens (tertiary/aromatic N) is 7. The Hall–Kier alpha value is -5.32. The smallest absolute Gasteiger partial charge is 0.262 e. The molecule has 0 radical (unpaired) electrons. The van der Waals surface area contributed by atoms with Crippen molar-refractivity contribution in [3.05, 3.63) is 59.3 Å². The second kappa shape index (κ2) is 15.4. The molecule has 5 fully saturated rings. The number of benzene rings is 2. The van der Waals surface area contributed by atoms with Gasteiger partial charge in [0.1, 0.15) is 35.6 Å². The normalized spacial score (nSPS) is 25.5. The molecule has 1 aromatic heterocycles. The number of imide groups is 2. The molecule has 2 atom stereocenters. The first-order valence-corrected chi connectivity index (χ1v) is 21.3. The number of hydrogen-bond donors (Lipinski definition) is 3. The van der Waals surface area contributed by atoms with Crippen LogP contribution in [0.1, 0.15) is 71.9 Å². The van der Waals surface area contributed by atoms with Gasteiger partial charge in [-0.1, -0.05) is 0 Å². The van der Waals surface area contributed by atoms with Crippen LogP contribution in [0.5, 0.6) is 5.75 Å². The zero-order valence-corrected chi connectivity index (χ0v) is 33.6. The summed E-state index contributed by atoms with van der Waals surface area (Å²) in [6, 6.07) is 10.6. The molecular formula is C43H52N10O6. The van der Waals surface area contributed by atoms with Gasteiger partial charge in [-0.2, -0.15) is 5.10 Å². The van der Waals surface area contributed by atoms with Gasteiger partial charge in [-0.05, 0) is 81.3 Å². The highest BCUT2D eigenvalue weighted by Crippen LogP contribution is 2.40. The van der Waals surface area contributed by atoms with Gasteiger partial charge in [0.05, 0.1) is 35.1 Å². The van der Waals surface area contributed by atoms with Gasteiger partial charge in [0.2, 0.25) is 11.8 Å². The molecule has 6 aliphatic heterocycles. The van der Waals surface area contributed by atoms with E-state index >= 15 is 0 Å². The van der Waals surface area contributed by atoms with E-state index in [9.17, 15) is 19.2 Å². The van der Waals surface area contributed by atoms with Crippen LogP contribution in [0, 0.1) is 5.92 Å². The fourth-order valence-corrected chi connectivity index (χ4v) is 9.47. The number of rotatable bonds is 9. The second-order valence-electron chi connectivity index (χ2n) is 17.4. The van der Waals surface area contributed by atoms with E-state index in [-0.39, 0.29) is 30.5 Å². The van der Waals surface area contributed by atoms with Crippen LogP contribution < -0.4 is 20.3 Å². The van der Waals surface area contributed by atoms with Crippen molar-refractivity contribution in [2.75, 3.05) is 83.6 Å². The first kappa shape index (κ1) is 37.9. The number of aliphatic imine (C=N–C) groups is 1. The van der Waals surface area contributed by atoms with E-state index in [1.807, 2.05) is 18.2 Å². The first-order valence-electron chi connectivity index (χ1n) is 21.3. The highest BCUT2D eigenvalue weighted by molar-refractivity contribution is 6.23. The molecule has 3 aromatic rings. The Bertz CT molecular complexity index is 2230. The molecule has 0 bridgehead atoms. The van der Waals surface area contributed by atoms with Gasteiger partial charge >= 0.3 is 0 Å². The molecule has 59 heavy (non-hydrogen) atoms. The second-order valence-corrected chi connectivity index (χ2v) is 17.4. The predicted octanol–water partition coefficient (Wildman–Crippen LogP) is 2.43. The van der Waals surface area contributed by atoms with Crippen molar-refractivity contribution in [1.29, 1.82) is 0 Å². The van der Waals surface area contributed by atoms with Gasteiger partial charge in [0, 0.05) is 89.0 Å². The number of piperidine rings is 2. The quantitative estimate of drug-likeness (QED) is 0.271. The van der Waals surface area contributed by atoms with Gasteiger partial charge in [-0.15, -0.1) is 0 Å². The minimum atomic E-state index is -0.958. The van der Waals surface area contributed by atoms with E-state index in [0.717, 1.165) is 136 Å². The lowest BCUT2D eigenvalue weighted by atomic mass is 9.95. The lowest BCUT2D eigenvalue weighted by Gasteiger charge is -2.41. The van der Waals surface area contributed by atoms with E-state index in [4.69, 9.17) is 14.5 Å². The Morgan fingerprint density at radius 1 is 0.864 bits per heavy atom. The number of morpholine rings is 1. The number of amides is 4. The minimum absolute atomic E-state index is 0.0442. The molecule has 3 N–H and O–H groups in total. The molecule has 4 amide bonds. The highest BCUT2D eigenvalue weighted by Gasteiger charge is 2.45. The first-order chi connectivity index (χ1) is 28.7. The molecule has 7 aliphatic rings. The summed E-state index contributed by atoms with van der Waals surface area (Å²) in [5, 5.41) is 14.6. The standard InChI is InChI=1S/C43H52N10O6/c1-43(10-11-43)59-29-3-5-34-33(21-29)39(48-47-34)35-22-37(45-26-44-35)52-18-19-58-30(25-52)24-50-16-14-49(15-17-50)23-27-8-12-51(13-9-27)28-2-4-31-32(20-28)42(57)53(41(31)56)36-6-7-38(54)46-40(36)55/h2-5,20-22,27,30,36,44H,6-19,23-26H2,1H3,(H,47,48)(H,46,54,55)/t30-,36?/m1/s1. The van der Waals surface area contributed by atoms with Crippen molar-refractivity contribution in [2.24, 2.45) is 10.9 Å². The molecule has 1 unspecified atom stereocenters. The van der Waals surface area contributed by atoms with Crippen molar-refractivity contribution in [2.45, 2.75) is 63.2 Å². The summed E-state index contributed by atoms with van der Waals surface area (Å²) >= 11 is 0. The van der Waals surface area contributed by atoms with Crippen LogP contribution in [0.3, 0.4) is 0 Å². The maximum Gasteiger partial charge on any atom is 0.262 e. The maximum absolute atomic E-state index is 13.4. The Labute approximate surface area is 342 Å². The average Bonchev–Trinajstić information content (AvgIpc) is 3.73. The van der Waals surface area contributed by atoms with Gasteiger partial charge in [-0.25, -0.2) is 4.99 Å². The number of fused-ring (bicyclic) bond motifs is 2. The fraction of sp³-hybridized carbons (Fsp3) is 0.535. The van der Waals surface area contributed by atoms with Crippen molar-refractivity contribution >= 4 is 51.8 Å². The van der Waals surface area contributed by atoms with E-state index < -0.39 is 23.8 Å². The van der Waals surface area contributed by atoms with Crippen LogP contribution in [0.25, 0.3) is 16.6 Å². The van der Waals surface area contributed by atoms with Crippen LogP contribution in [0.4, 0.5) is 5.69 Å². The number of carbonyl (C=O) groups excluding carboxylic acids is 4. The SMILES string of the molecule is CC1(Oc2ccc3[nH]nc(C4=CC(N5CCO[C@H](CN6CCN(CC7CCN(c8ccc9c(c8)C(=O)N(C8CCC(=O)NC8=O)C9=O)CC7)CC6)C5)=NCN4)c3c2)CC1. The van der Waals surface area contributed by atoms with Crippen molar-refractivity contribution in [1.82, 2.24) is 40.4 Å². The van der Waals surface area contributed by atoms with Crippen molar-refractivity contribution in [3.63, 3.8) is 0 Å². The zero-order chi connectivity index (χ0) is 40.3. The van der Waals surface area contributed by atoms with Crippen LogP contribution in [0.2, 0.25) is 0 Å². The largest absolute Gasteiger partial charge is 0.488 e. The Balaban J connectivity index is 0.685. The lowest BCUT2D eigenvalue weighted by Crippen LogP contribution is -2.54. The topological polar surface area (TPSA) is 168 Å². The van der Waals surface area contributed by atoms with E-state index in [1.165, 1.54) is 0 Å². The van der Waals surface area contributed by atoms with Crippen LogP contribution in [-0.2, 0) is 14.3 Å². The van der Waals surface area contributed by atoms with E-state index in [2.05, 4.69) is 59.5 Å². The molecular weight excluding hydrogens is 753 g/mol. The van der Waals surface area contributed by atoms with Gasteiger partial charge in [0.15, 0.2) is 0 Å². The lowest BCUT2D eigenvalue weighted by molar-refractivity contribution is -0.136. The number of aromatic amines is 1. The molecule has 2 aromatic carbocycles. The summed E-state index contributed by atoms with van der Waals surface area (Å²) in [7, 11) is 0. The van der Waals surface area contributed by atoms with Gasteiger partial charge in [-0.3, -0.25) is 39.4 Å². The van der Waals surface area contributed by atoms with Gasteiger partial charge in [0.25, 0.3) is 11.8 Å². The highest BCUT2D eigenvalue weighted by atomic mass is 16.5. The fourth-order valence-electron chi connectivity index (χ4n) is 9.47. The summed E-state index contributed by atoms with van der Waals surface area (Å²) in [5.41, 5.74) is 4.33. The van der Waals surface area contributed by atoms with Gasteiger partial charge < -0.3 is 29.5 Å². The zero-order valence-electron chi connectivity index (χ0n) is 33.6. The number of amidine groups is 1. The molecule has 10 rings (SSSR count).